The van der Waals surface area contributed by atoms with Gasteiger partial charge in [-0.05, 0) is 49.9 Å². The van der Waals surface area contributed by atoms with Gasteiger partial charge in [0.25, 0.3) is 5.91 Å². The van der Waals surface area contributed by atoms with E-state index in [0.717, 1.165) is 31.4 Å². The molecule has 0 spiro atoms. The molecule has 1 N–H and O–H groups in total. The molecule has 0 bridgehead atoms. The molecule has 1 fully saturated rings. The Kier molecular flexibility index (Phi) is 7.54. The van der Waals surface area contributed by atoms with Gasteiger partial charge in [-0.1, -0.05) is 0 Å². The number of benzene rings is 1. The molecule has 1 aromatic carbocycles. The smallest absolute Gasteiger partial charge is 0.255 e. The average molecular weight is 466 g/mol. The van der Waals surface area contributed by atoms with Crippen LogP contribution in [0.3, 0.4) is 0 Å². The first-order chi connectivity index (χ1) is 16.5. The highest BCUT2D eigenvalue weighted by Crippen LogP contribution is 2.30. The van der Waals surface area contributed by atoms with Gasteiger partial charge in [0.05, 0.1) is 22.7 Å². The second-order valence-electron chi connectivity index (χ2n) is 8.61. The Hall–Kier alpha value is -3.30. The molecule has 0 radical (unpaired) electrons. The minimum Gasteiger partial charge on any atom is -0.378 e. The monoisotopic (exact) mass is 465 g/mol. The van der Waals surface area contributed by atoms with Crippen LogP contribution < -0.4 is 5.32 Å². The van der Waals surface area contributed by atoms with Gasteiger partial charge in [-0.25, -0.2) is 4.98 Å². The molecule has 1 aliphatic heterocycles. The Balaban J connectivity index is 1.69. The van der Waals surface area contributed by atoms with Crippen LogP contribution in [0.4, 0.5) is 5.69 Å². The van der Waals surface area contributed by atoms with Crippen molar-refractivity contribution < 1.29 is 19.1 Å². The first kappa shape index (κ1) is 23.8. The standard InChI is InChI=1S/C25H31N5O4/c1-29(12-9-19-6-4-5-13-34-19)25(32)20-14-18(27-22(31)16-33-3)15-21-23(20)30(2)24(28-21)17-7-10-26-11-8-17/h7-8,10-11,14-15,19H,4-6,9,12-13,16H2,1-3H3,(H,27,31)/t19-/m1/s1. The summed E-state index contributed by atoms with van der Waals surface area (Å²) in [5, 5.41) is 2.81. The molecule has 3 heterocycles. The Morgan fingerprint density at radius 1 is 1.26 bits per heavy atom. The first-order valence-corrected chi connectivity index (χ1v) is 11.5. The van der Waals surface area contributed by atoms with Gasteiger partial charge in [0.15, 0.2) is 0 Å². The van der Waals surface area contributed by atoms with Gasteiger partial charge in [-0.3, -0.25) is 14.6 Å². The van der Waals surface area contributed by atoms with Crippen LogP contribution in [0, 0.1) is 0 Å². The number of nitrogens with one attached hydrogen (secondary N) is 1. The third kappa shape index (κ3) is 5.26. The molecule has 34 heavy (non-hydrogen) atoms. The van der Waals surface area contributed by atoms with Gasteiger partial charge in [0, 0.05) is 58.0 Å². The number of nitrogens with zero attached hydrogens (tertiary/aromatic N) is 4. The van der Waals surface area contributed by atoms with E-state index in [9.17, 15) is 9.59 Å². The van der Waals surface area contributed by atoms with E-state index in [1.54, 1.807) is 36.5 Å². The highest BCUT2D eigenvalue weighted by atomic mass is 16.5. The molecule has 2 aromatic heterocycles. The lowest BCUT2D eigenvalue weighted by Gasteiger charge is -2.25. The van der Waals surface area contributed by atoms with Crippen molar-refractivity contribution in [2.45, 2.75) is 31.8 Å². The maximum absolute atomic E-state index is 13.6. The van der Waals surface area contributed by atoms with Crippen LogP contribution in [0.25, 0.3) is 22.4 Å². The van der Waals surface area contributed by atoms with E-state index in [1.165, 1.54) is 13.5 Å². The third-order valence-corrected chi connectivity index (χ3v) is 6.10. The number of anilines is 1. The van der Waals surface area contributed by atoms with Gasteiger partial charge in [0.1, 0.15) is 12.4 Å². The van der Waals surface area contributed by atoms with Crippen molar-refractivity contribution in [2.75, 3.05) is 39.2 Å². The third-order valence-electron chi connectivity index (χ3n) is 6.10. The Labute approximate surface area is 199 Å². The lowest BCUT2D eigenvalue weighted by atomic mass is 10.1. The summed E-state index contributed by atoms with van der Waals surface area (Å²) in [5.74, 6) is 0.284. The number of hydrogen-bond acceptors (Lipinski definition) is 6. The van der Waals surface area contributed by atoms with E-state index in [2.05, 4.69) is 10.3 Å². The molecule has 0 saturated carbocycles. The minimum absolute atomic E-state index is 0.0763. The number of rotatable bonds is 8. The number of aromatic nitrogens is 3. The number of hydrogen-bond donors (Lipinski definition) is 1. The normalized spacial score (nSPS) is 15.9. The number of amides is 2. The number of carbonyl (C=O) groups excluding carboxylic acids is 2. The van der Waals surface area contributed by atoms with Crippen LogP contribution in [0.1, 0.15) is 36.0 Å². The van der Waals surface area contributed by atoms with Crippen molar-refractivity contribution in [1.29, 1.82) is 0 Å². The number of imidazole rings is 1. The fraction of sp³-hybridized carbons (Fsp3) is 0.440. The summed E-state index contributed by atoms with van der Waals surface area (Å²) in [6, 6.07) is 7.24. The van der Waals surface area contributed by atoms with Crippen LogP contribution in [-0.4, -0.2) is 71.3 Å². The van der Waals surface area contributed by atoms with Crippen molar-refractivity contribution in [3.8, 4) is 11.4 Å². The van der Waals surface area contributed by atoms with E-state index < -0.39 is 0 Å². The summed E-state index contributed by atoms with van der Waals surface area (Å²) < 4.78 is 12.7. The highest BCUT2D eigenvalue weighted by molar-refractivity contribution is 6.08. The molecule has 2 amide bonds. The van der Waals surface area contributed by atoms with Crippen LogP contribution in [0.15, 0.2) is 36.7 Å². The van der Waals surface area contributed by atoms with Crippen molar-refractivity contribution >= 4 is 28.5 Å². The number of aryl methyl sites for hydroxylation is 1. The molecule has 3 aromatic rings. The summed E-state index contributed by atoms with van der Waals surface area (Å²) in [7, 11) is 5.15. The van der Waals surface area contributed by atoms with E-state index in [-0.39, 0.29) is 24.5 Å². The van der Waals surface area contributed by atoms with Crippen molar-refractivity contribution in [3.63, 3.8) is 0 Å². The highest BCUT2D eigenvalue weighted by Gasteiger charge is 2.23. The summed E-state index contributed by atoms with van der Waals surface area (Å²) in [6.45, 7) is 1.30. The molecule has 9 nitrogen and oxygen atoms in total. The van der Waals surface area contributed by atoms with Crippen LogP contribution in [-0.2, 0) is 21.3 Å². The molecule has 1 saturated heterocycles. The fourth-order valence-electron chi connectivity index (χ4n) is 4.35. The van der Waals surface area contributed by atoms with E-state index in [4.69, 9.17) is 14.5 Å². The van der Waals surface area contributed by atoms with E-state index in [0.29, 0.717) is 34.7 Å². The second-order valence-corrected chi connectivity index (χ2v) is 8.61. The molecule has 1 atom stereocenters. The fourth-order valence-corrected chi connectivity index (χ4v) is 4.35. The molecule has 4 rings (SSSR count). The van der Waals surface area contributed by atoms with Gasteiger partial charge in [-0.15, -0.1) is 0 Å². The lowest BCUT2D eigenvalue weighted by Crippen LogP contribution is -2.32. The van der Waals surface area contributed by atoms with Crippen LogP contribution in [0.5, 0.6) is 0 Å². The Bertz CT molecular complexity index is 1160. The number of pyridine rings is 1. The number of carbonyl (C=O) groups is 2. The maximum atomic E-state index is 13.6. The van der Waals surface area contributed by atoms with Gasteiger partial charge in [0.2, 0.25) is 5.91 Å². The molecule has 180 valence electrons. The van der Waals surface area contributed by atoms with Crippen molar-refractivity contribution in [2.24, 2.45) is 7.05 Å². The maximum Gasteiger partial charge on any atom is 0.255 e. The lowest BCUT2D eigenvalue weighted by molar-refractivity contribution is -0.119. The van der Waals surface area contributed by atoms with E-state index >= 15 is 0 Å². The zero-order valence-electron chi connectivity index (χ0n) is 19.9. The van der Waals surface area contributed by atoms with E-state index in [1.807, 2.05) is 23.7 Å². The van der Waals surface area contributed by atoms with Gasteiger partial charge in [-0.2, -0.15) is 0 Å². The Morgan fingerprint density at radius 3 is 2.76 bits per heavy atom. The summed E-state index contributed by atoms with van der Waals surface area (Å²) in [4.78, 5) is 36.3. The van der Waals surface area contributed by atoms with Crippen LogP contribution >= 0.6 is 0 Å². The largest absolute Gasteiger partial charge is 0.378 e. The average Bonchev–Trinajstić information content (AvgIpc) is 3.19. The van der Waals surface area contributed by atoms with Crippen molar-refractivity contribution in [3.05, 3.63) is 42.2 Å². The molecule has 9 heteroatoms. The SMILES string of the molecule is COCC(=O)Nc1cc(C(=O)N(C)CC[C@H]2CCCCO2)c2c(c1)nc(-c1ccncc1)n2C. The number of fused-ring (bicyclic) bond motifs is 1. The molecular formula is C25H31N5O4. The zero-order chi connectivity index (χ0) is 24.1. The summed E-state index contributed by atoms with van der Waals surface area (Å²) >= 11 is 0. The van der Waals surface area contributed by atoms with Crippen molar-refractivity contribution in [1.82, 2.24) is 19.4 Å². The number of ether oxygens (including phenoxy) is 2. The zero-order valence-corrected chi connectivity index (χ0v) is 19.9. The van der Waals surface area contributed by atoms with Gasteiger partial charge < -0.3 is 24.3 Å². The summed E-state index contributed by atoms with van der Waals surface area (Å²) in [6.07, 6.45) is 7.70. The molecule has 1 aliphatic rings. The van der Waals surface area contributed by atoms with Crippen LogP contribution in [0.2, 0.25) is 0 Å². The Morgan fingerprint density at radius 2 is 2.06 bits per heavy atom. The molecule has 0 aliphatic carbocycles. The second kappa shape index (κ2) is 10.8. The number of methoxy groups -OCH3 is 1. The topological polar surface area (TPSA) is 98.6 Å². The molecule has 0 unspecified atom stereocenters. The first-order valence-electron chi connectivity index (χ1n) is 11.5. The van der Waals surface area contributed by atoms with Gasteiger partial charge >= 0.3 is 0 Å². The quantitative estimate of drug-likeness (QED) is 0.548. The molecular weight excluding hydrogens is 434 g/mol. The summed E-state index contributed by atoms with van der Waals surface area (Å²) in [5.41, 5.74) is 3.20. The minimum atomic E-state index is -0.298. The predicted octanol–water partition coefficient (Wildman–Crippen LogP) is 3.25. The predicted molar refractivity (Wildman–Crippen MR) is 130 cm³/mol.